The predicted octanol–water partition coefficient (Wildman–Crippen LogP) is 2.28. The molecule has 1 aliphatic heterocycles. The molecule has 1 aromatic rings. The first-order valence-electron chi connectivity index (χ1n) is 6.67. The number of ether oxygens (including phenoxy) is 2. The molecule has 0 aliphatic carbocycles. The Bertz CT molecular complexity index is 416. The SMILES string of the molecule is CCCn1ncc(Br)c1C(O)C1(OC)CCOCC1. The maximum absolute atomic E-state index is 10.8. The number of aliphatic hydroxyl groups is 1. The second-order valence-corrected chi connectivity index (χ2v) is 5.74. The van der Waals surface area contributed by atoms with Gasteiger partial charge in [-0.15, -0.1) is 0 Å². The summed E-state index contributed by atoms with van der Waals surface area (Å²) >= 11 is 3.48. The average molecular weight is 333 g/mol. The van der Waals surface area contributed by atoms with E-state index >= 15 is 0 Å². The van der Waals surface area contributed by atoms with E-state index in [1.807, 2.05) is 4.68 Å². The van der Waals surface area contributed by atoms with Crippen LogP contribution in [0.15, 0.2) is 10.7 Å². The van der Waals surface area contributed by atoms with E-state index in [0.717, 1.165) is 23.1 Å². The Kier molecular flexibility index (Phi) is 5.00. The van der Waals surface area contributed by atoms with E-state index in [1.165, 1.54) is 0 Å². The average Bonchev–Trinajstić information content (AvgIpc) is 2.80. The Hall–Kier alpha value is -0.430. The fourth-order valence-corrected chi connectivity index (χ4v) is 3.10. The van der Waals surface area contributed by atoms with Crippen LogP contribution in [0.3, 0.4) is 0 Å². The number of halogens is 1. The fraction of sp³-hybridized carbons (Fsp3) is 0.769. The summed E-state index contributed by atoms with van der Waals surface area (Å²) in [6.45, 7) is 4.11. The molecule has 0 aromatic carbocycles. The van der Waals surface area contributed by atoms with Crippen molar-refractivity contribution in [3.63, 3.8) is 0 Å². The highest BCUT2D eigenvalue weighted by Crippen LogP contribution is 2.39. The normalized spacial score (nSPS) is 20.4. The minimum atomic E-state index is -0.704. The first kappa shape index (κ1) is 15.0. The molecular formula is C13H21BrN2O3. The summed E-state index contributed by atoms with van der Waals surface area (Å²) in [7, 11) is 1.66. The van der Waals surface area contributed by atoms with E-state index < -0.39 is 11.7 Å². The summed E-state index contributed by atoms with van der Waals surface area (Å²) in [6, 6.07) is 0. The van der Waals surface area contributed by atoms with Gasteiger partial charge >= 0.3 is 0 Å². The van der Waals surface area contributed by atoms with Crippen LogP contribution in [0, 0.1) is 0 Å². The fourth-order valence-electron chi connectivity index (χ4n) is 2.59. The second kappa shape index (κ2) is 6.35. The Labute approximate surface area is 122 Å². The van der Waals surface area contributed by atoms with Crippen LogP contribution in [-0.2, 0) is 16.0 Å². The molecule has 2 heterocycles. The van der Waals surface area contributed by atoms with Crippen LogP contribution in [0.2, 0.25) is 0 Å². The molecule has 1 unspecified atom stereocenters. The minimum Gasteiger partial charge on any atom is -0.384 e. The van der Waals surface area contributed by atoms with Crippen molar-refractivity contribution in [3.8, 4) is 0 Å². The number of aromatic nitrogens is 2. The highest BCUT2D eigenvalue weighted by Gasteiger charge is 2.42. The van der Waals surface area contributed by atoms with E-state index in [9.17, 15) is 5.11 Å². The van der Waals surface area contributed by atoms with Gasteiger partial charge in [-0.25, -0.2) is 0 Å². The third-order valence-electron chi connectivity index (χ3n) is 3.77. The lowest BCUT2D eigenvalue weighted by Gasteiger charge is -2.39. The molecule has 1 aromatic heterocycles. The number of methoxy groups -OCH3 is 1. The highest BCUT2D eigenvalue weighted by atomic mass is 79.9. The maximum Gasteiger partial charge on any atom is 0.126 e. The van der Waals surface area contributed by atoms with E-state index in [1.54, 1.807) is 13.3 Å². The highest BCUT2D eigenvalue weighted by molar-refractivity contribution is 9.10. The standard InChI is InChI=1S/C13H21BrN2O3/c1-3-6-16-11(10(14)9-15-16)12(17)13(18-2)4-7-19-8-5-13/h9,12,17H,3-8H2,1-2H3. The van der Waals surface area contributed by atoms with Crippen molar-refractivity contribution in [3.05, 3.63) is 16.4 Å². The molecule has 0 amide bonds. The van der Waals surface area contributed by atoms with E-state index in [0.29, 0.717) is 26.1 Å². The Balaban J connectivity index is 2.31. The molecule has 2 rings (SSSR count). The van der Waals surface area contributed by atoms with Crippen LogP contribution in [0.1, 0.15) is 38.0 Å². The number of aliphatic hydroxyl groups excluding tert-OH is 1. The minimum absolute atomic E-state index is 0.577. The summed E-state index contributed by atoms with van der Waals surface area (Å²) in [5, 5.41) is 15.1. The quantitative estimate of drug-likeness (QED) is 0.898. The topological polar surface area (TPSA) is 56.5 Å². The van der Waals surface area contributed by atoms with Gasteiger partial charge in [0.2, 0.25) is 0 Å². The van der Waals surface area contributed by atoms with Crippen LogP contribution in [-0.4, -0.2) is 40.8 Å². The molecular weight excluding hydrogens is 312 g/mol. The largest absolute Gasteiger partial charge is 0.384 e. The van der Waals surface area contributed by atoms with Crippen molar-refractivity contribution < 1.29 is 14.6 Å². The molecule has 0 spiro atoms. The lowest BCUT2D eigenvalue weighted by molar-refractivity contribution is -0.156. The first-order chi connectivity index (χ1) is 9.14. The maximum atomic E-state index is 10.8. The number of hydrogen-bond donors (Lipinski definition) is 1. The lowest BCUT2D eigenvalue weighted by atomic mass is 9.86. The van der Waals surface area contributed by atoms with Crippen LogP contribution in [0.4, 0.5) is 0 Å². The molecule has 0 radical (unpaired) electrons. The van der Waals surface area contributed by atoms with Gasteiger partial charge in [0.15, 0.2) is 0 Å². The lowest BCUT2D eigenvalue weighted by Crippen LogP contribution is -2.44. The number of hydrogen-bond acceptors (Lipinski definition) is 4. The summed E-state index contributed by atoms with van der Waals surface area (Å²) < 4.78 is 13.7. The van der Waals surface area contributed by atoms with Crippen molar-refractivity contribution >= 4 is 15.9 Å². The summed E-state index contributed by atoms with van der Waals surface area (Å²) in [4.78, 5) is 0. The van der Waals surface area contributed by atoms with Gasteiger partial charge in [0.25, 0.3) is 0 Å². The Morgan fingerprint density at radius 1 is 1.58 bits per heavy atom. The van der Waals surface area contributed by atoms with Gasteiger partial charge in [-0.2, -0.15) is 5.10 Å². The molecule has 0 saturated carbocycles. The molecule has 6 heteroatoms. The van der Waals surface area contributed by atoms with Gasteiger partial charge in [-0.3, -0.25) is 4.68 Å². The smallest absolute Gasteiger partial charge is 0.126 e. The zero-order chi connectivity index (χ0) is 13.9. The number of aryl methyl sites for hydroxylation is 1. The number of nitrogens with zero attached hydrogens (tertiary/aromatic N) is 2. The molecule has 1 saturated heterocycles. The monoisotopic (exact) mass is 332 g/mol. The van der Waals surface area contributed by atoms with Crippen molar-refractivity contribution in [1.82, 2.24) is 9.78 Å². The molecule has 108 valence electrons. The van der Waals surface area contributed by atoms with Crippen molar-refractivity contribution in [1.29, 1.82) is 0 Å². The zero-order valence-electron chi connectivity index (χ0n) is 11.4. The van der Waals surface area contributed by atoms with Crippen LogP contribution < -0.4 is 0 Å². The summed E-state index contributed by atoms with van der Waals surface area (Å²) in [6.07, 6.45) is 3.38. The van der Waals surface area contributed by atoms with Gasteiger partial charge in [0, 0.05) is 39.7 Å². The molecule has 1 N–H and O–H groups in total. The third kappa shape index (κ3) is 2.86. The van der Waals surface area contributed by atoms with Crippen molar-refractivity contribution in [2.75, 3.05) is 20.3 Å². The van der Waals surface area contributed by atoms with Gasteiger partial charge in [0.1, 0.15) is 11.7 Å². The molecule has 19 heavy (non-hydrogen) atoms. The third-order valence-corrected chi connectivity index (χ3v) is 4.38. The number of rotatable bonds is 5. The van der Waals surface area contributed by atoms with Gasteiger partial charge in [-0.05, 0) is 22.4 Å². The first-order valence-corrected chi connectivity index (χ1v) is 7.46. The van der Waals surface area contributed by atoms with Crippen LogP contribution in [0.25, 0.3) is 0 Å². The van der Waals surface area contributed by atoms with Crippen molar-refractivity contribution in [2.45, 2.75) is 44.4 Å². The van der Waals surface area contributed by atoms with Gasteiger partial charge in [0.05, 0.1) is 16.4 Å². The van der Waals surface area contributed by atoms with E-state index in [-0.39, 0.29) is 0 Å². The van der Waals surface area contributed by atoms with Crippen molar-refractivity contribution in [2.24, 2.45) is 0 Å². The summed E-state index contributed by atoms with van der Waals surface area (Å²) in [5.41, 5.74) is 0.220. The molecule has 1 atom stereocenters. The Morgan fingerprint density at radius 3 is 2.84 bits per heavy atom. The van der Waals surface area contributed by atoms with E-state index in [2.05, 4.69) is 28.0 Å². The summed E-state index contributed by atoms with van der Waals surface area (Å²) in [5.74, 6) is 0. The van der Waals surface area contributed by atoms with Crippen LogP contribution >= 0.6 is 15.9 Å². The molecule has 0 bridgehead atoms. The second-order valence-electron chi connectivity index (χ2n) is 4.88. The molecule has 5 nitrogen and oxygen atoms in total. The Morgan fingerprint density at radius 2 is 2.26 bits per heavy atom. The molecule has 1 aliphatic rings. The van der Waals surface area contributed by atoms with Crippen LogP contribution in [0.5, 0.6) is 0 Å². The predicted molar refractivity (Wildman–Crippen MR) is 75.0 cm³/mol. The van der Waals surface area contributed by atoms with Gasteiger partial charge < -0.3 is 14.6 Å². The molecule has 1 fully saturated rings. The van der Waals surface area contributed by atoms with Gasteiger partial charge in [-0.1, -0.05) is 6.92 Å². The van der Waals surface area contributed by atoms with E-state index in [4.69, 9.17) is 9.47 Å². The zero-order valence-corrected chi connectivity index (χ0v) is 13.0.